The second-order valence-electron chi connectivity index (χ2n) is 6.06. The van der Waals surface area contributed by atoms with Gasteiger partial charge in [-0.25, -0.2) is 4.98 Å². The Bertz CT molecular complexity index is 948. The molecule has 6 nitrogen and oxygen atoms in total. The number of nitrogens with zero attached hydrogens (tertiary/aromatic N) is 3. The Morgan fingerprint density at radius 3 is 2.46 bits per heavy atom. The van der Waals surface area contributed by atoms with Gasteiger partial charge in [-0.15, -0.1) is 0 Å². The molecule has 1 N–H and O–H groups in total. The fourth-order valence-electron chi connectivity index (χ4n) is 2.53. The molecule has 1 heterocycles. The first-order valence-corrected chi connectivity index (χ1v) is 9.10. The number of carbonyl (C=O) groups excluding carboxylic acids is 2. The Balaban J connectivity index is 1.60. The molecule has 26 heavy (non-hydrogen) atoms. The number of fused-ring (bicyclic) bond motifs is 1. The van der Waals surface area contributed by atoms with Crippen LogP contribution in [-0.2, 0) is 11.8 Å². The van der Waals surface area contributed by atoms with Crippen LogP contribution >= 0.6 is 11.8 Å². The molecule has 0 atom stereocenters. The number of hydrogen-bond acceptors (Lipinski definition) is 4. The molecule has 3 rings (SSSR count). The van der Waals surface area contributed by atoms with Crippen molar-refractivity contribution in [1.82, 2.24) is 14.5 Å². The minimum absolute atomic E-state index is 0.0692. The Labute approximate surface area is 156 Å². The first-order valence-electron chi connectivity index (χ1n) is 8.11. The number of imidazole rings is 1. The van der Waals surface area contributed by atoms with E-state index in [-0.39, 0.29) is 17.6 Å². The fraction of sp³-hybridized carbons (Fsp3) is 0.211. The van der Waals surface area contributed by atoms with Gasteiger partial charge in [-0.1, -0.05) is 23.9 Å². The molecule has 7 heteroatoms. The van der Waals surface area contributed by atoms with Crippen LogP contribution in [-0.4, -0.2) is 46.1 Å². The van der Waals surface area contributed by atoms with Gasteiger partial charge in [0.1, 0.15) is 0 Å². The van der Waals surface area contributed by atoms with Crippen molar-refractivity contribution in [3.8, 4) is 0 Å². The largest absolute Gasteiger partial charge is 0.345 e. The summed E-state index contributed by atoms with van der Waals surface area (Å²) in [4.78, 5) is 30.1. The highest BCUT2D eigenvalue weighted by Crippen LogP contribution is 2.22. The number of thioether (sulfide) groups is 1. The normalized spacial score (nSPS) is 10.7. The van der Waals surface area contributed by atoms with E-state index in [2.05, 4.69) is 10.3 Å². The molecule has 0 spiro atoms. The van der Waals surface area contributed by atoms with Crippen molar-refractivity contribution in [2.45, 2.75) is 5.16 Å². The van der Waals surface area contributed by atoms with Gasteiger partial charge in [0.15, 0.2) is 5.16 Å². The van der Waals surface area contributed by atoms with Gasteiger partial charge in [-0.2, -0.15) is 0 Å². The van der Waals surface area contributed by atoms with Crippen molar-refractivity contribution in [1.29, 1.82) is 0 Å². The molecule has 1 aromatic heterocycles. The molecule has 0 saturated heterocycles. The van der Waals surface area contributed by atoms with Crippen LogP contribution in [0.3, 0.4) is 0 Å². The van der Waals surface area contributed by atoms with E-state index >= 15 is 0 Å². The number of amides is 2. The molecule has 0 saturated carbocycles. The lowest BCUT2D eigenvalue weighted by molar-refractivity contribution is -0.113. The molecule has 0 fully saturated rings. The minimum atomic E-state index is -0.117. The molecule has 0 unspecified atom stereocenters. The van der Waals surface area contributed by atoms with E-state index in [1.165, 1.54) is 16.7 Å². The van der Waals surface area contributed by atoms with Crippen LogP contribution in [0, 0.1) is 0 Å². The van der Waals surface area contributed by atoms with Gasteiger partial charge in [-0.3, -0.25) is 9.59 Å². The van der Waals surface area contributed by atoms with Crippen molar-refractivity contribution >= 4 is 40.3 Å². The number of nitrogens with one attached hydrogen (secondary N) is 1. The first kappa shape index (κ1) is 18.0. The number of aromatic nitrogens is 2. The molecular formula is C19H20N4O2S. The fourth-order valence-corrected chi connectivity index (χ4v) is 3.32. The third kappa shape index (κ3) is 3.88. The van der Waals surface area contributed by atoms with E-state index in [4.69, 9.17) is 0 Å². The maximum absolute atomic E-state index is 12.2. The smallest absolute Gasteiger partial charge is 0.253 e. The van der Waals surface area contributed by atoms with Gasteiger partial charge in [-0.05, 0) is 36.4 Å². The van der Waals surface area contributed by atoms with Crippen molar-refractivity contribution in [3.05, 3.63) is 54.1 Å². The summed E-state index contributed by atoms with van der Waals surface area (Å²) in [5.41, 5.74) is 3.20. The lowest BCUT2D eigenvalue weighted by Gasteiger charge is -2.11. The topological polar surface area (TPSA) is 67.2 Å². The number of para-hydroxylation sites is 2. The monoisotopic (exact) mass is 368 g/mol. The summed E-state index contributed by atoms with van der Waals surface area (Å²) in [7, 11) is 5.35. The molecule has 2 amide bonds. The van der Waals surface area contributed by atoms with Gasteiger partial charge in [0.25, 0.3) is 5.91 Å². The molecule has 0 aliphatic heterocycles. The standard InChI is InChI=1S/C19H20N4O2S/c1-22(2)18(25)13-8-10-14(11-9-13)20-17(24)12-26-19-21-15-6-4-5-7-16(15)23(19)3/h4-11H,12H2,1-3H3,(H,20,24). The van der Waals surface area contributed by atoms with Crippen LogP contribution in [0.1, 0.15) is 10.4 Å². The lowest BCUT2D eigenvalue weighted by atomic mass is 10.2. The minimum Gasteiger partial charge on any atom is -0.345 e. The van der Waals surface area contributed by atoms with Crippen LogP contribution in [0.4, 0.5) is 5.69 Å². The Morgan fingerprint density at radius 2 is 1.81 bits per heavy atom. The number of aryl methyl sites for hydroxylation is 1. The summed E-state index contributed by atoms with van der Waals surface area (Å²) >= 11 is 1.39. The quantitative estimate of drug-likeness (QED) is 0.703. The van der Waals surface area contributed by atoms with Crippen molar-refractivity contribution in [3.63, 3.8) is 0 Å². The van der Waals surface area contributed by atoms with Gasteiger partial charge < -0.3 is 14.8 Å². The SMILES string of the molecule is CN(C)C(=O)c1ccc(NC(=O)CSc2nc3ccccc3n2C)cc1. The first-order chi connectivity index (χ1) is 12.5. The highest BCUT2D eigenvalue weighted by atomic mass is 32.2. The molecular weight excluding hydrogens is 348 g/mol. The third-order valence-corrected chi connectivity index (χ3v) is 4.93. The molecule has 2 aromatic carbocycles. The average molecular weight is 368 g/mol. The number of rotatable bonds is 5. The van der Waals surface area contributed by atoms with Gasteiger partial charge in [0.05, 0.1) is 16.8 Å². The predicted octanol–water partition coefficient (Wildman–Crippen LogP) is 3.01. The highest BCUT2D eigenvalue weighted by Gasteiger charge is 2.11. The zero-order chi connectivity index (χ0) is 18.7. The highest BCUT2D eigenvalue weighted by molar-refractivity contribution is 7.99. The van der Waals surface area contributed by atoms with E-state index in [1.807, 2.05) is 35.9 Å². The zero-order valence-electron chi connectivity index (χ0n) is 14.9. The summed E-state index contributed by atoms with van der Waals surface area (Å²) in [5, 5.41) is 3.64. The Kier molecular flexibility index (Phi) is 5.27. The van der Waals surface area contributed by atoms with E-state index in [1.54, 1.807) is 38.4 Å². The molecule has 0 aliphatic carbocycles. The second-order valence-corrected chi connectivity index (χ2v) is 7.00. The average Bonchev–Trinajstić information content (AvgIpc) is 2.96. The van der Waals surface area contributed by atoms with E-state index in [0.717, 1.165) is 16.2 Å². The maximum atomic E-state index is 12.2. The molecule has 0 radical (unpaired) electrons. The summed E-state index contributed by atoms with van der Waals surface area (Å²) in [6.45, 7) is 0. The Morgan fingerprint density at radius 1 is 1.12 bits per heavy atom. The molecule has 0 aliphatic rings. The molecule has 3 aromatic rings. The van der Waals surface area contributed by atoms with Crippen molar-refractivity contribution in [2.75, 3.05) is 25.2 Å². The van der Waals surface area contributed by atoms with Crippen molar-refractivity contribution < 1.29 is 9.59 Å². The maximum Gasteiger partial charge on any atom is 0.253 e. The number of benzene rings is 2. The summed E-state index contributed by atoms with van der Waals surface area (Å²) in [6.07, 6.45) is 0. The summed E-state index contributed by atoms with van der Waals surface area (Å²) in [5.74, 6) is 0.0734. The Hall–Kier alpha value is -2.80. The van der Waals surface area contributed by atoms with E-state index < -0.39 is 0 Å². The summed E-state index contributed by atoms with van der Waals surface area (Å²) in [6, 6.07) is 14.7. The van der Waals surface area contributed by atoms with E-state index in [0.29, 0.717) is 11.3 Å². The predicted molar refractivity (Wildman–Crippen MR) is 105 cm³/mol. The van der Waals surface area contributed by atoms with Crippen LogP contribution in [0.2, 0.25) is 0 Å². The zero-order valence-corrected chi connectivity index (χ0v) is 15.7. The van der Waals surface area contributed by atoms with Crippen LogP contribution in [0.5, 0.6) is 0 Å². The third-order valence-electron chi connectivity index (χ3n) is 3.90. The van der Waals surface area contributed by atoms with E-state index in [9.17, 15) is 9.59 Å². The van der Waals surface area contributed by atoms with Gasteiger partial charge >= 0.3 is 0 Å². The van der Waals surface area contributed by atoms with Gasteiger partial charge in [0.2, 0.25) is 5.91 Å². The van der Waals surface area contributed by atoms with Gasteiger partial charge in [0, 0.05) is 32.4 Å². The number of hydrogen-bond donors (Lipinski definition) is 1. The number of carbonyl (C=O) groups is 2. The van der Waals surface area contributed by atoms with Crippen LogP contribution < -0.4 is 5.32 Å². The molecule has 134 valence electrons. The molecule has 0 bridgehead atoms. The van der Waals surface area contributed by atoms with Crippen molar-refractivity contribution in [2.24, 2.45) is 7.05 Å². The second kappa shape index (κ2) is 7.61. The lowest BCUT2D eigenvalue weighted by Crippen LogP contribution is -2.21. The summed E-state index contributed by atoms with van der Waals surface area (Å²) < 4.78 is 1.98. The van der Waals surface area contributed by atoms with Crippen LogP contribution in [0.15, 0.2) is 53.7 Å². The number of anilines is 1. The van der Waals surface area contributed by atoms with Crippen LogP contribution in [0.25, 0.3) is 11.0 Å².